The summed E-state index contributed by atoms with van der Waals surface area (Å²) in [7, 11) is -1.30. The third kappa shape index (κ3) is 4.97. The van der Waals surface area contributed by atoms with E-state index in [9.17, 15) is 13.2 Å². The van der Waals surface area contributed by atoms with Gasteiger partial charge >= 0.3 is 0 Å². The van der Waals surface area contributed by atoms with Gasteiger partial charge in [-0.1, -0.05) is 37.3 Å². The van der Waals surface area contributed by atoms with Crippen molar-refractivity contribution in [1.82, 2.24) is 10.2 Å². The lowest BCUT2D eigenvalue weighted by Gasteiger charge is -2.25. The maximum atomic E-state index is 12.6. The van der Waals surface area contributed by atoms with E-state index >= 15 is 0 Å². The number of nitrogens with zero attached hydrogens (tertiary/aromatic N) is 1. The number of hydrogen-bond acceptors (Lipinski definition) is 5. The SMILES string of the molecule is CCc1ccc(C(NCC(=O)N(C)C2CCS(=O)(=O)C2)c2cccs2)cc1. The molecule has 1 aromatic heterocycles. The Kier molecular flexibility index (Phi) is 6.34. The van der Waals surface area contributed by atoms with Gasteiger partial charge in [0, 0.05) is 18.0 Å². The number of likely N-dealkylation sites (N-methyl/N-ethyl adjacent to an activating group) is 1. The molecule has 0 radical (unpaired) electrons. The van der Waals surface area contributed by atoms with Crippen LogP contribution in [0.5, 0.6) is 0 Å². The molecule has 2 heterocycles. The molecule has 5 nitrogen and oxygen atoms in total. The number of thiophene rings is 1. The van der Waals surface area contributed by atoms with Gasteiger partial charge in [-0.15, -0.1) is 11.3 Å². The van der Waals surface area contributed by atoms with Crippen LogP contribution in [0.25, 0.3) is 0 Å². The highest BCUT2D eigenvalue weighted by atomic mass is 32.2. The van der Waals surface area contributed by atoms with Crippen molar-refractivity contribution in [2.24, 2.45) is 0 Å². The summed E-state index contributed by atoms with van der Waals surface area (Å²) in [5.41, 5.74) is 2.40. The number of nitrogens with one attached hydrogen (secondary N) is 1. The van der Waals surface area contributed by atoms with Crippen LogP contribution in [0.2, 0.25) is 0 Å². The molecule has 2 atom stereocenters. The second kappa shape index (κ2) is 8.54. The van der Waals surface area contributed by atoms with Crippen molar-refractivity contribution < 1.29 is 13.2 Å². The lowest BCUT2D eigenvalue weighted by atomic mass is 10.0. The van der Waals surface area contributed by atoms with Gasteiger partial charge in [-0.3, -0.25) is 10.1 Å². The molecule has 0 bridgehead atoms. The van der Waals surface area contributed by atoms with Gasteiger partial charge in [0.1, 0.15) is 0 Å². The van der Waals surface area contributed by atoms with Crippen LogP contribution in [0.4, 0.5) is 0 Å². The van der Waals surface area contributed by atoms with E-state index in [0.29, 0.717) is 6.42 Å². The molecule has 0 spiro atoms. The molecule has 27 heavy (non-hydrogen) atoms. The van der Waals surface area contributed by atoms with Crippen molar-refractivity contribution in [3.63, 3.8) is 0 Å². The van der Waals surface area contributed by atoms with Gasteiger partial charge in [-0.25, -0.2) is 8.42 Å². The summed E-state index contributed by atoms with van der Waals surface area (Å²) >= 11 is 1.65. The fraction of sp³-hybridized carbons (Fsp3) is 0.450. The molecule has 1 aliphatic rings. The van der Waals surface area contributed by atoms with Crippen molar-refractivity contribution in [3.05, 3.63) is 57.8 Å². The molecule has 1 N–H and O–H groups in total. The summed E-state index contributed by atoms with van der Waals surface area (Å²) in [5.74, 6) is 0.163. The van der Waals surface area contributed by atoms with Gasteiger partial charge in [0.2, 0.25) is 5.91 Å². The van der Waals surface area contributed by atoms with Crippen LogP contribution in [-0.4, -0.2) is 50.4 Å². The Balaban J connectivity index is 1.68. The van der Waals surface area contributed by atoms with Crippen molar-refractivity contribution in [2.45, 2.75) is 31.8 Å². The maximum Gasteiger partial charge on any atom is 0.236 e. The fourth-order valence-corrected chi connectivity index (χ4v) is 5.98. The van der Waals surface area contributed by atoms with Crippen molar-refractivity contribution in [1.29, 1.82) is 0 Å². The van der Waals surface area contributed by atoms with Crippen LogP contribution in [0.15, 0.2) is 41.8 Å². The molecule has 1 fully saturated rings. The van der Waals surface area contributed by atoms with Crippen LogP contribution >= 0.6 is 11.3 Å². The second-order valence-corrected chi connectivity index (χ2v) is 10.2. The van der Waals surface area contributed by atoms with E-state index in [1.165, 1.54) is 5.56 Å². The summed E-state index contributed by atoms with van der Waals surface area (Å²) in [5, 5.41) is 5.40. The van der Waals surface area contributed by atoms with E-state index in [1.54, 1.807) is 23.3 Å². The van der Waals surface area contributed by atoms with Gasteiger partial charge < -0.3 is 4.90 Å². The number of benzene rings is 1. The molecule has 7 heteroatoms. The highest BCUT2D eigenvalue weighted by Gasteiger charge is 2.32. The zero-order chi connectivity index (χ0) is 19.4. The molecule has 0 aliphatic carbocycles. The number of aryl methyl sites for hydroxylation is 1. The Hall–Kier alpha value is -1.70. The minimum Gasteiger partial charge on any atom is -0.341 e. The summed E-state index contributed by atoms with van der Waals surface area (Å²) in [6.07, 6.45) is 1.52. The largest absolute Gasteiger partial charge is 0.341 e. The minimum atomic E-state index is -3.00. The Bertz CT molecular complexity index is 861. The number of rotatable bonds is 7. The van der Waals surface area contributed by atoms with E-state index < -0.39 is 9.84 Å². The van der Waals surface area contributed by atoms with Crippen LogP contribution in [0.3, 0.4) is 0 Å². The summed E-state index contributed by atoms with van der Waals surface area (Å²) in [4.78, 5) is 15.4. The quantitative estimate of drug-likeness (QED) is 0.768. The van der Waals surface area contributed by atoms with E-state index in [-0.39, 0.29) is 36.0 Å². The second-order valence-electron chi connectivity index (χ2n) is 6.99. The summed E-state index contributed by atoms with van der Waals surface area (Å²) < 4.78 is 23.3. The monoisotopic (exact) mass is 406 g/mol. The molecule has 1 aliphatic heterocycles. The molecule has 146 valence electrons. The number of sulfone groups is 1. The molecular weight excluding hydrogens is 380 g/mol. The van der Waals surface area contributed by atoms with Gasteiger partial charge in [0.25, 0.3) is 0 Å². The Morgan fingerprint density at radius 2 is 2.04 bits per heavy atom. The van der Waals surface area contributed by atoms with Crippen molar-refractivity contribution in [3.8, 4) is 0 Å². The number of hydrogen-bond donors (Lipinski definition) is 1. The van der Waals surface area contributed by atoms with Crippen LogP contribution in [0.1, 0.15) is 35.4 Å². The minimum absolute atomic E-state index is 0.0550. The highest BCUT2D eigenvalue weighted by molar-refractivity contribution is 7.91. The first-order valence-corrected chi connectivity index (χ1v) is 11.9. The first-order chi connectivity index (χ1) is 12.9. The highest BCUT2D eigenvalue weighted by Crippen LogP contribution is 2.26. The predicted octanol–water partition coefficient (Wildman–Crippen LogP) is 2.64. The molecule has 1 aromatic carbocycles. The molecule has 1 saturated heterocycles. The van der Waals surface area contributed by atoms with Gasteiger partial charge in [0.15, 0.2) is 9.84 Å². The van der Waals surface area contributed by atoms with Gasteiger partial charge in [0.05, 0.1) is 24.1 Å². The topological polar surface area (TPSA) is 66.5 Å². The normalized spacial score (nSPS) is 19.7. The first kappa shape index (κ1) is 20.0. The predicted molar refractivity (Wildman–Crippen MR) is 110 cm³/mol. The van der Waals surface area contributed by atoms with E-state index in [0.717, 1.165) is 16.9 Å². The summed E-state index contributed by atoms with van der Waals surface area (Å²) in [6.45, 7) is 2.30. The Labute approximate surface area is 165 Å². The molecule has 1 amide bonds. The van der Waals surface area contributed by atoms with Gasteiger partial charge in [-0.05, 0) is 35.4 Å². The smallest absolute Gasteiger partial charge is 0.236 e. The molecular formula is C20H26N2O3S2. The summed E-state index contributed by atoms with van der Waals surface area (Å²) in [6, 6.07) is 12.3. The fourth-order valence-electron chi connectivity index (χ4n) is 3.38. The van der Waals surface area contributed by atoms with E-state index in [1.807, 2.05) is 11.4 Å². The van der Waals surface area contributed by atoms with E-state index in [4.69, 9.17) is 0 Å². The number of carbonyl (C=O) groups excluding carboxylic acids is 1. The molecule has 2 unspecified atom stereocenters. The number of carbonyl (C=O) groups is 1. The average molecular weight is 407 g/mol. The number of amides is 1. The lowest BCUT2D eigenvalue weighted by molar-refractivity contribution is -0.130. The Morgan fingerprint density at radius 1 is 1.30 bits per heavy atom. The standard InChI is InChI=1S/C20H26N2O3S2/c1-3-15-6-8-16(9-7-15)20(18-5-4-11-26-18)21-13-19(23)22(2)17-10-12-27(24,25)14-17/h4-9,11,17,20-21H,3,10,12-14H2,1-2H3. The average Bonchev–Trinajstić information content (AvgIpc) is 3.31. The Morgan fingerprint density at radius 3 is 2.59 bits per heavy atom. The van der Waals surface area contributed by atoms with Crippen LogP contribution < -0.4 is 5.32 Å². The zero-order valence-electron chi connectivity index (χ0n) is 15.7. The molecule has 0 saturated carbocycles. The zero-order valence-corrected chi connectivity index (χ0v) is 17.4. The van der Waals surface area contributed by atoms with Crippen molar-refractivity contribution in [2.75, 3.05) is 25.1 Å². The molecule has 2 aromatic rings. The van der Waals surface area contributed by atoms with Crippen molar-refractivity contribution >= 4 is 27.1 Å². The van der Waals surface area contributed by atoms with Crippen LogP contribution in [-0.2, 0) is 21.1 Å². The molecule has 3 rings (SSSR count). The van der Waals surface area contributed by atoms with Gasteiger partial charge in [-0.2, -0.15) is 0 Å². The maximum absolute atomic E-state index is 12.6. The third-order valence-corrected chi connectivity index (χ3v) is 7.84. The van der Waals surface area contributed by atoms with Crippen LogP contribution in [0, 0.1) is 0 Å². The lowest BCUT2D eigenvalue weighted by Crippen LogP contribution is -2.43. The van der Waals surface area contributed by atoms with E-state index in [2.05, 4.69) is 42.6 Å². The first-order valence-electron chi connectivity index (χ1n) is 9.21. The third-order valence-electron chi connectivity index (χ3n) is 5.16.